The minimum atomic E-state index is -3.42. The van der Waals surface area contributed by atoms with Crippen molar-refractivity contribution in [2.75, 3.05) is 6.26 Å². The third-order valence-electron chi connectivity index (χ3n) is 4.16. The number of hydrogen-bond donors (Lipinski definition) is 2. The molecule has 3 N–H and O–H groups in total. The number of amides is 1. The molecule has 2 rings (SSSR count). The molecule has 23 heavy (non-hydrogen) atoms. The zero-order chi connectivity index (χ0) is 17.4. The molecule has 0 bridgehead atoms. The molecular formula is C14H17ClF2N2O3S. The van der Waals surface area contributed by atoms with Crippen LogP contribution in [0.25, 0.3) is 0 Å². The smallest absolute Gasteiger partial charge is 0.224 e. The molecule has 0 unspecified atom stereocenters. The van der Waals surface area contributed by atoms with Crippen LogP contribution in [0.2, 0.25) is 5.02 Å². The van der Waals surface area contributed by atoms with Gasteiger partial charge in [-0.2, -0.15) is 0 Å². The van der Waals surface area contributed by atoms with E-state index < -0.39 is 44.0 Å². The van der Waals surface area contributed by atoms with Crippen LogP contribution in [0.3, 0.4) is 0 Å². The molecule has 0 aliphatic heterocycles. The van der Waals surface area contributed by atoms with Crippen molar-refractivity contribution in [1.82, 2.24) is 4.72 Å². The summed E-state index contributed by atoms with van der Waals surface area (Å²) in [7, 11) is -3.42. The van der Waals surface area contributed by atoms with Gasteiger partial charge in [-0.3, -0.25) is 4.79 Å². The van der Waals surface area contributed by atoms with Gasteiger partial charge in [0.1, 0.15) is 16.7 Å². The van der Waals surface area contributed by atoms with E-state index in [1.165, 1.54) is 6.07 Å². The molecule has 1 aromatic rings. The van der Waals surface area contributed by atoms with E-state index in [4.69, 9.17) is 17.3 Å². The van der Waals surface area contributed by atoms with Gasteiger partial charge in [-0.05, 0) is 37.3 Å². The quantitative estimate of drug-likeness (QED) is 0.778. The van der Waals surface area contributed by atoms with Crippen LogP contribution < -0.4 is 10.5 Å². The fraction of sp³-hybridized carbons (Fsp3) is 0.500. The highest BCUT2D eigenvalue weighted by Gasteiger charge is 2.45. The van der Waals surface area contributed by atoms with Crippen molar-refractivity contribution in [2.45, 2.75) is 31.7 Å². The molecule has 1 fully saturated rings. The maximum Gasteiger partial charge on any atom is 0.224 e. The van der Waals surface area contributed by atoms with Gasteiger partial charge < -0.3 is 5.73 Å². The topological polar surface area (TPSA) is 89.3 Å². The maximum atomic E-state index is 14.1. The van der Waals surface area contributed by atoms with Crippen molar-refractivity contribution in [3.8, 4) is 0 Å². The monoisotopic (exact) mass is 366 g/mol. The molecule has 0 heterocycles. The van der Waals surface area contributed by atoms with Crippen LogP contribution in [-0.4, -0.2) is 26.6 Å². The van der Waals surface area contributed by atoms with Gasteiger partial charge in [0, 0.05) is 6.04 Å². The van der Waals surface area contributed by atoms with Crippen LogP contribution in [0.5, 0.6) is 0 Å². The SMILES string of the molecule is CS(=O)(=O)N[C@H]1CC[C@](Cc2ccc(F)c(Cl)c2F)(C(N)=O)C1. The summed E-state index contributed by atoms with van der Waals surface area (Å²) in [5.74, 6) is -2.45. The first-order valence-electron chi connectivity index (χ1n) is 6.94. The number of nitrogens with two attached hydrogens (primary N) is 1. The van der Waals surface area contributed by atoms with Gasteiger partial charge in [-0.25, -0.2) is 21.9 Å². The normalized spacial score (nSPS) is 24.8. The van der Waals surface area contributed by atoms with Gasteiger partial charge in [0.15, 0.2) is 0 Å². The zero-order valence-electron chi connectivity index (χ0n) is 12.4. The van der Waals surface area contributed by atoms with Crippen LogP contribution >= 0.6 is 11.6 Å². The summed E-state index contributed by atoms with van der Waals surface area (Å²) in [5, 5.41) is -0.633. The molecule has 0 aromatic heterocycles. The molecule has 1 aliphatic rings. The summed E-state index contributed by atoms with van der Waals surface area (Å²) in [6.45, 7) is 0. The summed E-state index contributed by atoms with van der Waals surface area (Å²) in [4.78, 5) is 11.9. The second-order valence-corrected chi connectivity index (χ2v) is 8.14. The van der Waals surface area contributed by atoms with E-state index in [-0.39, 0.29) is 18.4 Å². The Morgan fingerprint density at radius 3 is 2.70 bits per heavy atom. The number of sulfonamides is 1. The molecule has 2 atom stereocenters. The Labute approximate surface area is 138 Å². The Balaban J connectivity index is 2.27. The second kappa shape index (κ2) is 6.33. The first-order chi connectivity index (χ1) is 10.5. The third-order valence-corrected chi connectivity index (χ3v) is 5.26. The molecule has 0 spiro atoms. The lowest BCUT2D eigenvalue weighted by atomic mass is 9.79. The van der Waals surface area contributed by atoms with E-state index in [0.29, 0.717) is 12.8 Å². The summed E-state index contributed by atoms with van der Waals surface area (Å²) in [6.07, 6.45) is 1.84. The van der Waals surface area contributed by atoms with Crippen molar-refractivity contribution in [3.63, 3.8) is 0 Å². The highest BCUT2D eigenvalue weighted by molar-refractivity contribution is 7.88. The number of rotatable bonds is 5. The Morgan fingerprint density at radius 1 is 1.48 bits per heavy atom. The maximum absolute atomic E-state index is 14.1. The van der Waals surface area contributed by atoms with Crippen molar-refractivity contribution in [1.29, 1.82) is 0 Å². The predicted molar refractivity (Wildman–Crippen MR) is 82.3 cm³/mol. The van der Waals surface area contributed by atoms with Gasteiger partial charge in [0.05, 0.1) is 11.7 Å². The molecule has 1 aliphatic carbocycles. The lowest BCUT2D eigenvalue weighted by Crippen LogP contribution is -2.40. The Hall–Kier alpha value is -1.25. The summed E-state index contributed by atoms with van der Waals surface area (Å²) >= 11 is 5.55. The standard InChI is InChI=1S/C14H17ClF2N2O3S/c1-23(21,22)19-9-4-5-14(7-9,13(18)20)6-8-2-3-10(16)11(15)12(8)17/h2-3,9,19H,4-7H2,1H3,(H2,18,20)/t9-,14+/m0/s1. The van der Waals surface area contributed by atoms with Crippen LogP contribution in [0.4, 0.5) is 8.78 Å². The van der Waals surface area contributed by atoms with E-state index in [2.05, 4.69) is 4.72 Å². The third kappa shape index (κ3) is 3.99. The second-order valence-electron chi connectivity index (χ2n) is 5.99. The first kappa shape index (κ1) is 18.1. The summed E-state index contributed by atoms with van der Waals surface area (Å²) in [6, 6.07) is 1.80. The fourth-order valence-electron chi connectivity index (χ4n) is 3.07. The van der Waals surface area contributed by atoms with Crippen molar-refractivity contribution >= 4 is 27.5 Å². The molecule has 1 amide bonds. The molecule has 0 radical (unpaired) electrons. The predicted octanol–water partition coefficient (Wildman–Crippen LogP) is 1.73. The number of halogens is 3. The Kier molecular flexibility index (Phi) is 4.98. The van der Waals surface area contributed by atoms with Crippen LogP contribution in [0, 0.1) is 17.0 Å². The van der Waals surface area contributed by atoms with Gasteiger partial charge in [0.25, 0.3) is 0 Å². The minimum Gasteiger partial charge on any atom is -0.369 e. The number of primary amides is 1. The average Bonchev–Trinajstić information content (AvgIpc) is 2.82. The van der Waals surface area contributed by atoms with Crippen molar-refractivity contribution in [3.05, 3.63) is 34.4 Å². The molecule has 1 saturated carbocycles. The number of hydrogen-bond acceptors (Lipinski definition) is 3. The van der Waals surface area contributed by atoms with E-state index in [9.17, 15) is 22.0 Å². The zero-order valence-corrected chi connectivity index (χ0v) is 14.0. The van der Waals surface area contributed by atoms with Crippen LogP contribution in [-0.2, 0) is 21.2 Å². The lowest BCUT2D eigenvalue weighted by Gasteiger charge is -2.26. The van der Waals surface area contributed by atoms with Crippen molar-refractivity contribution < 1.29 is 22.0 Å². The first-order valence-corrected chi connectivity index (χ1v) is 9.20. The number of carbonyl (C=O) groups is 1. The number of nitrogens with one attached hydrogen (secondary N) is 1. The average molecular weight is 367 g/mol. The Bertz CT molecular complexity index is 742. The molecule has 0 saturated heterocycles. The fourth-order valence-corrected chi connectivity index (χ4v) is 4.06. The summed E-state index contributed by atoms with van der Waals surface area (Å²) < 4.78 is 52.4. The van der Waals surface area contributed by atoms with Crippen LogP contribution in [0.1, 0.15) is 24.8 Å². The largest absolute Gasteiger partial charge is 0.369 e. The minimum absolute atomic E-state index is 0.0594. The van der Waals surface area contributed by atoms with E-state index >= 15 is 0 Å². The molecule has 9 heteroatoms. The molecule has 5 nitrogen and oxygen atoms in total. The van der Waals surface area contributed by atoms with E-state index in [0.717, 1.165) is 12.3 Å². The van der Waals surface area contributed by atoms with E-state index in [1.807, 2.05) is 0 Å². The highest BCUT2D eigenvalue weighted by atomic mass is 35.5. The summed E-state index contributed by atoms with van der Waals surface area (Å²) in [5.41, 5.74) is 4.46. The van der Waals surface area contributed by atoms with E-state index in [1.54, 1.807) is 0 Å². The molecule has 128 valence electrons. The highest BCUT2D eigenvalue weighted by Crippen LogP contribution is 2.42. The van der Waals surface area contributed by atoms with Gasteiger partial charge in [0.2, 0.25) is 15.9 Å². The van der Waals surface area contributed by atoms with Crippen molar-refractivity contribution in [2.24, 2.45) is 11.1 Å². The van der Waals surface area contributed by atoms with Gasteiger partial charge in [-0.1, -0.05) is 17.7 Å². The van der Waals surface area contributed by atoms with Gasteiger partial charge >= 0.3 is 0 Å². The van der Waals surface area contributed by atoms with Gasteiger partial charge in [-0.15, -0.1) is 0 Å². The molecular weight excluding hydrogens is 350 g/mol. The van der Waals surface area contributed by atoms with Crippen LogP contribution in [0.15, 0.2) is 12.1 Å². The lowest BCUT2D eigenvalue weighted by molar-refractivity contribution is -0.127. The number of benzene rings is 1. The Morgan fingerprint density at radius 2 is 2.13 bits per heavy atom. The molecule has 1 aromatic carbocycles. The number of carbonyl (C=O) groups excluding carboxylic acids is 1.